The molecule has 0 saturated heterocycles. The van der Waals surface area contributed by atoms with E-state index in [-0.39, 0.29) is 12.4 Å². The third-order valence-electron chi connectivity index (χ3n) is 2.52. The van der Waals surface area contributed by atoms with Crippen LogP contribution in [0.2, 0.25) is 0 Å². The smallest absolute Gasteiger partial charge is 0.173 e. The second kappa shape index (κ2) is 7.58. The van der Waals surface area contributed by atoms with Gasteiger partial charge in [0.1, 0.15) is 0 Å². The fraction of sp³-hybridized carbons (Fsp3) is 0.462. The third kappa shape index (κ3) is 4.45. The van der Waals surface area contributed by atoms with Crippen molar-refractivity contribution in [2.45, 2.75) is 25.7 Å². The summed E-state index contributed by atoms with van der Waals surface area (Å²) in [5.41, 5.74) is 2.01. The lowest BCUT2D eigenvalue weighted by atomic mass is 10.0. The van der Waals surface area contributed by atoms with Crippen LogP contribution in [-0.4, -0.2) is 22.8 Å². The molecule has 0 unspecified atom stereocenters. The van der Waals surface area contributed by atoms with Crippen molar-refractivity contribution in [1.82, 2.24) is 0 Å². The van der Waals surface area contributed by atoms with Crippen LogP contribution in [0.1, 0.15) is 35.2 Å². The maximum atomic E-state index is 11.3. The molecule has 1 N–H and O–H groups in total. The minimum Gasteiger partial charge on any atom is -0.396 e. The lowest BCUT2D eigenvalue weighted by Crippen LogP contribution is -1.99. The van der Waals surface area contributed by atoms with Crippen LogP contribution >= 0.6 is 15.9 Å². The highest BCUT2D eigenvalue weighted by Gasteiger charge is 2.02. The van der Waals surface area contributed by atoms with Crippen molar-refractivity contribution in [3.63, 3.8) is 0 Å². The number of benzene rings is 1. The Bertz CT molecular complexity index is 319. The number of aliphatic hydroxyl groups excluding tert-OH is 1. The summed E-state index contributed by atoms with van der Waals surface area (Å²) < 4.78 is 0. The molecule has 1 aromatic rings. The van der Waals surface area contributed by atoms with Gasteiger partial charge in [-0.3, -0.25) is 4.79 Å². The van der Waals surface area contributed by atoms with E-state index in [9.17, 15) is 4.79 Å². The van der Waals surface area contributed by atoms with E-state index in [2.05, 4.69) is 15.9 Å². The highest BCUT2D eigenvalue weighted by atomic mass is 79.9. The van der Waals surface area contributed by atoms with Crippen LogP contribution in [0, 0.1) is 0 Å². The summed E-state index contributed by atoms with van der Waals surface area (Å²) >= 11 is 3.16. The van der Waals surface area contributed by atoms with Crippen LogP contribution in [0.25, 0.3) is 0 Å². The zero-order chi connectivity index (χ0) is 11.8. The molecule has 0 atom stereocenters. The number of carbonyl (C=O) groups excluding carboxylic acids is 1. The van der Waals surface area contributed by atoms with Gasteiger partial charge in [0.25, 0.3) is 0 Å². The zero-order valence-corrected chi connectivity index (χ0v) is 10.9. The van der Waals surface area contributed by atoms with E-state index < -0.39 is 0 Å². The lowest BCUT2D eigenvalue weighted by molar-refractivity contribution is 0.102. The van der Waals surface area contributed by atoms with Crippen LogP contribution in [0.3, 0.4) is 0 Å². The number of unbranched alkanes of at least 4 members (excludes halogenated alkanes) is 2. The highest BCUT2D eigenvalue weighted by molar-refractivity contribution is 9.09. The average molecular weight is 285 g/mol. The Labute approximate surface area is 105 Å². The molecule has 0 aromatic heterocycles. The molecule has 3 heteroatoms. The van der Waals surface area contributed by atoms with Gasteiger partial charge in [-0.05, 0) is 24.8 Å². The van der Waals surface area contributed by atoms with Crippen LogP contribution < -0.4 is 0 Å². The predicted octanol–water partition coefficient (Wildman–Crippen LogP) is 2.97. The molecule has 0 aliphatic heterocycles. The summed E-state index contributed by atoms with van der Waals surface area (Å²) in [5, 5.41) is 9.02. The summed E-state index contributed by atoms with van der Waals surface area (Å²) in [7, 11) is 0. The monoisotopic (exact) mass is 284 g/mol. The van der Waals surface area contributed by atoms with Crippen molar-refractivity contribution < 1.29 is 9.90 Å². The maximum absolute atomic E-state index is 11.3. The first kappa shape index (κ1) is 13.4. The SMILES string of the molecule is O=C(CBr)c1ccc(CCCCCO)cc1. The fourth-order valence-electron chi connectivity index (χ4n) is 1.55. The Hall–Kier alpha value is -0.670. The zero-order valence-electron chi connectivity index (χ0n) is 9.29. The Morgan fingerprint density at radius 2 is 1.81 bits per heavy atom. The van der Waals surface area contributed by atoms with Crippen molar-refractivity contribution >= 4 is 21.7 Å². The number of halogens is 1. The van der Waals surface area contributed by atoms with Gasteiger partial charge in [-0.15, -0.1) is 0 Å². The summed E-state index contributed by atoms with van der Waals surface area (Å²) in [5.74, 6) is 0.117. The Morgan fingerprint density at radius 3 is 2.38 bits per heavy atom. The van der Waals surface area contributed by atoms with Crippen LogP contribution in [0.4, 0.5) is 0 Å². The van der Waals surface area contributed by atoms with Gasteiger partial charge in [-0.2, -0.15) is 0 Å². The molecule has 0 aliphatic rings. The van der Waals surface area contributed by atoms with E-state index in [4.69, 9.17) is 5.11 Å². The van der Waals surface area contributed by atoms with Crippen molar-refractivity contribution in [1.29, 1.82) is 0 Å². The third-order valence-corrected chi connectivity index (χ3v) is 3.03. The minimum absolute atomic E-state index is 0.117. The van der Waals surface area contributed by atoms with Crippen LogP contribution in [0.5, 0.6) is 0 Å². The Morgan fingerprint density at radius 1 is 1.12 bits per heavy atom. The van der Waals surface area contributed by atoms with E-state index in [0.717, 1.165) is 31.2 Å². The van der Waals surface area contributed by atoms with Crippen molar-refractivity contribution in [2.75, 3.05) is 11.9 Å². The van der Waals surface area contributed by atoms with Gasteiger partial charge in [0.05, 0.1) is 5.33 Å². The molecule has 16 heavy (non-hydrogen) atoms. The molecule has 0 aliphatic carbocycles. The average Bonchev–Trinajstić information content (AvgIpc) is 2.34. The highest BCUT2D eigenvalue weighted by Crippen LogP contribution is 2.10. The fourth-order valence-corrected chi connectivity index (χ4v) is 1.88. The Kier molecular flexibility index (Phi) is 6.34. The first-order valence-corrected chi connectivity index (χ1v) is 6.69. The molecule has 0 radical (unpaired) electrons. The summed E-state index contributed by atoms with van der Waals surface area (Å²) in [6.45, 7) is 0.276. The quantitative estimate of drug-likeness (QED) is 0.475. The summed E-state index contributed by atoms with van der Waals surface area (Å²) in [4.78, 5) is 11.3. The van der Waals surface area contributed by atoms with Crippen molar-refractivity contribution in [3.8, 4) is 0 Å². The van der Waals surface area contributed by atoms with Crippen molar-refractivity contribution in [2.24, 2.45) is 0 Å². The molecule has 1 aromatic carbocycles. The van der Waals surface area contributed by atoms with Gasteiger partial charge < -0.3 is 5.11 Å². The first-order valence-electron chi connectivity index (χ1n) is 5.57. The van der Waals surface area contributed by atoms with Gasteiger partial charge >= 0.3 is 0 Å². The number of hydrogen-bond donors (Lipinski definition) is 1. The molecule has 0 amide bonds. The standard InChI is InChI=1S/C13H17BrO2/c14-10-13(16)12-7-5-11(6-8-12)4-2-1-3-9-15/h5-8,15H,1-4,9-10H2. The molecular formula is C13H17BrO2. The van der Waals surface area contributed by atoms with Gasteiger partial charge in [0.15, 0.2) is 5.78 Å². The maximum Gasteiger partial charge on any atom is 0.173 e. The first-order chi connectivity index (χ1) is 7.77. The van der Waals surface area contributed by atoms with Crippen molar-refractivity contribution in [3.05, 3.63) is 35.4 Å². The van der Waals surface area contributed by atoms with E-state index in [1.807, 2.05) is 24.3 Å². The van der Waals surface area contributed by atoms with Gasteiger partial charge in [0, 0.05) is 12.2 Å². The van der Waals surface area contributed by atoms with Gasteiger partial charge in [-0.1, -0.05) is 46.6 Å². The molecule has 0 heterocycles. The number of carbonyl (C=O) groups is 1. The molecular weight excluding hydrogens is 268 g/mol. The number of aliphatic hydroxyl groups is 1. The number of Topliss-reactive ketones (excluding diaryl/α,β-unsaturated/α-hetero) is 1. The Balaban J connectivity index is 2.42. The minimum atomic E-state index is 0.117. The van der Waals surface area contributed by atoms with Crippen LogP contribution in [-0.2, 0) is 6.42 Å². The molecule has 0 bridgehead atoms. The number of ketones is 1. The molecule has 0 fully saturated rings. The second-order valence-electron chi connectivity index (χ2n) is 3.79. The summed E-state index contributed by atoms with van der Waals surface area (Å²) in [6, 6.07) is 7.78. The summed E-state index contributed by atoms with van der Waals surface area (Å²) in [6.07, 6.45) is 4.04. The van der Waals surface area contributed by atoms with E-state index >= 15 is 0 Å². The number of rotatable bonds is 7. The topological polar surface area (TPSA) is 37.3 Å². The number of hydrogen-bond acceptors (Lipinski definition) is 2. The van der Waals surface area contributed by atoms with Gasteiger partial charge in [-0.25, -0.2) is 0 Å². The number of aryl methyl sites for hydroxylation is 1. The van der Waals surface area contributed by atoms with E-state index in [1.54, 1.807) is 0 Å². The van der Waals surface area contributed by atoms with Crippen LogP contribution in [0.15, 0.2) is 24.3 Å². The van der Waals surface area contributed by atoms with E-state index in [0.29, 0.717) is 5.33 Å². The van der Waals surface area contributed by atoms with Gasteiger partial charge in [0.2, 0.25) is 0 Å². The molecule has 0 saturated carbocycles. The predicted molar refractivity (Wildman–Crippen MR) is 69.2 cm³/mol. The second-order valence-corrected chi connectivity index (χ2v) is 4.35. The van der Waals surface area contributed by atoms with E-state index in [1.165, 1.54) is 5.56 Å². The number of alkyl halides is 1. The largest absolute Gasteiger partial charge is 0.396 e. The molecule has 0 spiro atoms. The lowest BCUT2D eigenvalue weighted by Gasteiger charge is -2.02. The normalized spacial score (nSPS) is 10.4. The molecule has 88 valence electrons. The molecule has 1 rings (SSSR count). The molecule has 2 nitrogen and oxygen atoms in total.